The van der Waals surface area contributed by atoms with Gasteiger partial charge in [0.1, 0.15) is 5.01 Å². The second kappa shape index (κ2) is 5.71. The van der Waals surface area contributed by atoms with E-state index in [1.165, 1.54) is 21.8 Å². The number of nitrogens with zero attached hydrogens (tertiary/aromatic N) is 2. The lowest BCUT2D eigenvalue weighted by Gasteiger charge is -2.07. The molecule has 5 rings (SSSR count). The normalized spacial score (nSPS) is 12.4. The molecule has 4 heteroatoms. The van der Waals surface area contributed by atoms with Crippen molar-refractivity contribution in [3.05, 3.63) is 77.5 Å². The van der Waals surface area contributed by atoms with E-state index in [0.29, 0.717) is 0 Å². The van der Waals surface area contributed by atoms with Crippen LogP contribution in [0.4, 0.5) is 0 Å². The Morgan fingerprint density at radius 3 is 2.27 bits per heavy atom. The fourth-order valence-corrected chi connectivity index (χ4v) is 4.45. The predicted molar refractivity (Wildman–Crippen MR) is 108 cm³/mol. The summed E-state index contributed by atoms with van der Waals surface area (Å²) in [6.07, 6.45) is 1.59. The molecule has 0 atom stereocenters. The van der Waals surface area contributed by atoms with Crippen LogP contribution in [0.15, 0.2) is 72.5 Å². The molecule has 3 nitrogen and oxygen atoms in total. The number of para-hydroxylation sites is 2. The largest absolute Gasteiger partial charge is 0.876 e. The molecular formula is C22H15N2OS-. The van der Waals surface area contributed by atoms with Gasteiger partial charge in [0.25, 0.3) is 0 Å². The summed E-state index contributed by atoms with van der Waals surface area (Å²) in [6.45, 7) is 1.55. The van der Waals surface area contributed by atoms with Crippen LogP contribution in [0.3, 0.4) is 0 Å². The minimum absolute atomic E-state index is 0.0201. The molecule has 0 aliphatic rings. The van der Waals surface area contributed by atoms with Gasteiger partial charge < -0.3 is 9.67 Å². The SMILES string of the molecule is C/C([O-])=C/c1nc2cc(-n3c4ccccc4c4ccccc43)ccc2s1. The third-order valence-corrected chi connectivity index (χ3v) is 5.54. The molecule has 0 unspecified atom stereocenters. The molecule has 126 valence electrons. The molecule has 0 aliphatic heterocycles. The molecule has 2 aromatic heterocycles. The quantitative estimate of drug-likeness (QED) is 0.413. The highest BCUT2D eigenvalue weighted by molar-refractivity contribution is 7.19. The highest BCUT2D eigenvalue weighted by atomic mass is 32.1. The van der Waals surface area contributed by atoms with E-state index in [0.717, 1.165) is 20.9 Å². The van der Waals surface area contributed by atoms with Gasteiger partial charge in [-0.25, -0.2) is 4.98 Å². The number of benzene rings is 3. The summed E-state index contributed by atoms with van der Waals surface area (Å²) in [5, 5.41) is 14.6. The van der Waals surface area contributed by atoms with Crippen molar-refractivity contribution in [3.63, 3.8) is 0 Å². The van der Waals surface area contributed by atoms with Crippen LogP contribution in [-0.2, 0) is 0 Å². The minimum Gasteiger partial charge on any atom is -0.876 e. The van der Waals surface area contributed by atoms with Gasteiger partial charge in [-0.05, 0) is 36.4 Å². The smallest absolute Gasteiger partial charge is 0.116 e. The first-order chi connectivity index (χ1) is 12.7. The Labute approximate surface area is 154 Å². The maximum absolute atomic E-state index is 11.3. The van der Waals surface area contributed by atoms with E-state index >= 15 is 0 Å². The number of hydrogen-bond donors (Lipinski definition) is 0. The van der Waals surface area contributed by atoms with Crippen molar-refractivity contribution in [1.29, 1.82) is 0 Å². The van der Waals surface area contributed by atoms with Gasteiger partial charge in [0.15, 0.2) is 0 Å². The molecule has 0 fully saturated rings. The van der Waals surface area contributed by atoms with Crippen molar-refractivity contribution in [1.82, 2.24) is 9.55 Å². The second-order valence-electron chi connectivity index (χ2n) is 6.33. The zero-order valence-corrected chi connectivity index (χ0v) is 15.0. The molecule has 0 spiro atoms. The fourth-order valence-electron chi connectivity index (χ4n) is 3.51. The van der Waals surface area contributed by atoms with E-state index in [-0.39, 0.29) is 5.76 Å². The van der Waals surface area contributed by atoms with Crippen LogP contribution in [0.5, 0.6) is 0 Å². The Bertz CT molecular complexity index is 1250. The van der Waals surface area contributed by atoms with Crippen LogP contribution in [0.1, 0.15) is 11.9 Å². The fraction of sp³-hybridized carbons (Fsp3) is 0.0455. The molecule has 0 amide bonds. The topological polar surface area (TPSA) is 40.9 Å². The number of allylic oxidation sites excluding steroid dienone is 1. The van der Waals surface area contributed by atoms with Gasteiger partial charge in [-0.2, -0.15) is 0 Å². The van der Waals surface area contributed by atoms with Gasteiger partial charge in [-0.3, -0.25) is 0 Å². The van der Waals surface area contributed by atoms with Gasteiger partial charge in [-0.15, -0.1) is 17.1 Å². The molecule has 26 heavy (non-hydrogen) atoms. The predicted octanol–water partition coefficient (Wildman–Crippen LogP) is 5.11. The van der Waals surface area contributed by atoms with Gasteiger partial charge in [0, 0.05) is 16.5 Å². The summed E-state index contributed by atoms with van der Waals surface area (Å²) in [5.74, 6) is 0.0201. The highest BCUT2D eigenvalue weighted by Crippen LogP contribution is 2.33. The van der Waals surface area contributed by atoms with Crippen molar-refractivity contribution < 1.29 is 5.11 Å². The van der Waals surface area contributed by atoms with Crippen LogP contribution >= 0.6 is 11.3 Å². The number of thiazole rings is 1. The zero-order valence-electron chi connectivity index (χ0n) is 14.1. The lowest BCUT2D eigenvalue weighted by Crippen LogP contribution is -1.96. The van der Waals surface area contributed by atoms with Crippen LogP contribution in [0, 0.1) is 0 Å². The molecular weight excluding hydrogens is 340 g/mol. The number of hydrogen-bond acceptors (Lipinski definition) is 3. The molecule has 0 saturated carbocycles. The second-order valence-corrected chi connectivity index (χ2v) is 7.39. The van der Waals surface area contributed by atoms with E-state index in [4.69, 9.17) is 0 Å². The Balaban J connectivity index is 1.80. The van der Waals surface area contributed by atoms with Gasteiger partial charge in [0.05, 0.1) is 21.3 Å². The van der Waals surface area contributed by atoms with E-state index in [9.17, 15) is 5.11 Å². The summed E-state index contributed by atoms with van der Waals surface area (Å²) < 4.78 is 3.36. The van der Waals surface area contributed by atoms with E-state index in [2.05, 4.69) is 76.3 Å². The summed E-state index contributed by atoms with van der Waals surface area (Å²) >= 11 is 1.54. The maximum atomic E-state index is 11.3. The first kappa shape index (κ1) is 15.2. The van der Waals surface area contributed by atoms with E-state index < -0.39 is 0 Å². The Kier molecular flexibility index (Phi) is 3.33. The van der Waals surface area contributed by atoms with Crippen LogP contribution < -0.4 is 5.11 Å². The summed E-state index contributed by atoms with van der Waals surface area (Å²) in [6, 6.07) is 23.2. The van der Waals surface area contributed by atoms with Crippen molar-refractivity contribution >= 4 is 49.4 Å². The van der Waals surface area contributed by atoms with Crippen LogP contribution in [0.25, 0.3) is 43.8 Å². The highest BCUT2D eigenvalue weighted by Gasteiger charge is 2.12. The van der Waals surface area contributed by atoms with Crippen molar-refractivity contribution in [2.45, 2.75) is 6.92 Å². The first-order valence-electron chi connectivity index (χ1n) is 8.45. The van der Waals surface area contributed by atoms with Crippen molar-refractivity contribution in [2.75, 3.05) is 0 Å². The van der Waals surface area contributed by atoms with Gasteiger partial charge in [0.2, 0.25) is 0 Å². The lowest BCUT2D eigenvalue weighted by atomic mass is 10.2. The average Bonchev–Trinajstić information content (AvgIpc) is 3.18. The summed E-state index contributed by atoms with van der Waals surface area (Å²) in [5.41, 5.74) is 4.36. The Morgan fingerprint density at radius 1 is 0.962 bits per heavy atom. The van der Waals surface area contributed by atoms with E-state index in [1.54, 1.807) is 24.3 Å². The molecule has 2 heterocycles. The molecule has 0 saturated heterocycles. The van der Waals surface area contributed by atoms with Gasteiger partial charge in [-0.1, -0.05) is 43.3 Å². The van der Waals surface area contributed by atoms with Crippen LogP contribution in [0.2, 0.25) is 0 Å². The van der Waals surface area contributed by atoms with Gasteiger partial charge >= 0.3 is 0 Å². The molecule has 0 aliphatic carbocycles. The monoisotopic (exact) mass is 355 g/mol. The first-order valence-corrected chi connectivity index (χ1v) is 9.27. The maximum Gasteiger partial charge on any atom is 0.116 e. The zero-order chi connectivity index (χ0) is 17.7. The summed E-state index contributed by atoms with van der Waals surface area (Å²) in [7, 11) is 0. The third-order valence-electron chi connectivity index (χ3n) is 4.55. The molecule has 0 radical (unpaired) electrons. The molecule has 0 N–H and O–H groups in total. The Morgan fingerprint density at radius 2 is 1.62 bits per heavy atom. The number of aromatic nitrogens is 2. The summed E-state index contributed by atoms with van der Waals surface area (Å²) in [4.78, 5) is 4.61. The Hall–Kier alpha value is -3.11. The van der Waals surface area contributed by atoms with Crippen molar-refractivity contribution in [3.8, 4) is 5.69 Å². The minimum atomic E-state index is 0.0201. The molecule has 3 aromatic carbocycles. The van der Waals surface area contributed by atoms with Crippen molar-refractivity contribution in [2.24, 2.45) is 0 Å². The molecule has 5 aromatic rings. The van der Waals surface area contributed by atoms with Crippen LogP contribution in [-0.4, -0.2) is 9.55 Å². The average molecular weight is 355 g/mol. The molecule has 0 bridgehead atoms. The third kappa shape index (κ3) is 2.30. The standard InChI is InChI=1S/C22H16N2OS/c1-14(25)12-22-23-18-13-15(10-11-21(18)26-22)24-19-8-4-2-6-16(19)17-7-3-5-9-20(17)24/h2-13,25H,1H3/p-1/b14-12-. The van der Waals surface area contributed by atoms with E-state index in [1.807, 2.05) is 0 Å². The number of rotatable bonds is 2. The number of fused-ring (bicyclic) bond motifs is 4. The lowest BCUT2D eigenvalue weighted by molar-refractivity contribution is -0.299.